The number of carbonyl (C=O) groups excluding carboxylic acids is 2. The molecule has 1 aliphatic rings. The first kappa shape index (κ1) is 22.6. The number of aryl methyl sites for hydroxylation is 2. The first-order valence-corrected chi connectivity index (χ1v) is 10.5. The van der Waals surface area contributed by atoms with Gasteiger partial charge in [-0.2, -0.15) is 5.26 Å². The van der Waals surface area contributed by atoms with E-state index in [1.165, 1.54) is 4.57 Å². The summed E-state index contributed by atoms with van der Waals surface area (Å²) in [5.74, 6) is 0.556. The molecule has 0 aliphatic carbocycles. The molecule has 4 rings (SSSR count). The van der Waals surface area contributed by atoms with E-state index < -0.39 is 11.5 Å². The van der Waals surface area contributed by atoms with E-state index in [1.54, 1.807) is 50.2 Å². The molecule has 1 aliphatic heterocycles. The Hall–Kier alpha value is -4.58. The summed E-state index contributed by atoms with van der Waals surface area (Å²) in [5.41, 5.74) is 2.30. The fourth-order valence-electron chi connectivity index (χ4n) is 3.68. The lowest BCUT2D eigenvalue weighted by Gasteiger charge is -2.13. The highest BCUT2D eigenvalue weighted by Gasteiger charge is 2.15. The average Bonchev–Trinajstić information content (AvgIpc) is 3.28. The molecule has 34 heavy (non-hydrogen) atoms. The maximum absolute atomic E-state index is 12.6. The van der Waals surface area contributed by atoms with Crippen LogP contribution in [0, 0.1) is 25.2 Å². The van der Waals surface area contributed by atoms with Crippen molar-refractivity contribution in [2.75, 3.05) is 12.1 Å². The second-order valence-electron chi connectivity index (χ2n) is 7.85. The molecule has 0 unspecified atom stereocenters. The van der Waals surface area contributed by atoms with Gasteiger partial charge >= 0.3 is 0 Å². The highest BCUT2D eigenvalue weighted by Crippen LogP contribution is 2.32. The largest absolute Gasteiger partial charge is 0.454 e. The van der Waals surface area contributed by atoms with E-state index in [9.17, 15) is 19.6 Å². The zero-order valence-electron chi connectivity index (χ0n) is 18.7. The molecule has 0 atom stereocenters. The standard InChI is InChI=1S/C25H22N4O5/c1-15-8-16(2)29(25(32)20(15)11-26)13-23(30)28-19-5-3-4-18(10-19)24(31)27-12-17-6-7-21-22(9-17)34-14-33-21/h3-10H,12-14H2,1-2H3,(H,27,31)(H,28,30). The highest BCUT2D eigenvalue weighted by molar-refractivity contribution is 5.97. The van der Waals surface area contributed by atoms with E-state index in [0.717, 1.165) is 5.56 Å². The van der Waals surface area contributed by atoms with Gasteiger partial charge in [0, 0.05) is 23.5 Å². The van der Waals surface area contributed by atoms with Gasteiger partial charge < -0.3 is 24.7 Å². The van der Waals surface area contributed by atoms with Gasteiger partial charge in [0.1, 0.15) is 18.2 Å². The number of pyridine rings is 1. The van der Waals surface area contributed by atoms with Crippen LogP contribution >= 0.6 is 0 Å². The average molecular weight is 458 g/mol. The van der Waals surface area contributed by atoms with Crippen LogP contribution in [-0.4, -0.2) is 23.2 Å². The van der Waals surface area contributed by atoms with Crippen molar-refractivity contribution in [2.24, 2.45) is 0 Å². The predicted octanol–water partition coefficient (Wildman–Crippen LogP) is 2.63. The molecular formula is C25H22N4O5. The van der Waals surface area contributed by atoms with Crippen LogP contribution in [0.3, 0.4) is 0 Å². The molecule has 172 valence electrons. The molecule has 0 radical (unpaired) electrons. The van der Waals surface area contributed by atoms with Gasteiger partial charge in [0.2, 0.25) is 12.7 Å². The van der Waals surface area contributed by atoms with Crippen LogP contribution in [-0.2, 0) is 17.9 Å². The van der Waals surface area contributed by atoms with Crippen molar-refractivity contribution in [1.82, 2.24) is 9.88 Å². The van der Waals surface area contributed by atoms with Crippen LogP contribution < -0.4 is 25.7 Å². The van der Waals surface area contributed by atoms with Crippen LogP contribution in [0.2, 0.25) is 0 Å². The lowest BCUT2D eigenvalue weighted by molar-refractivity contribution is -0.116. The highest BCUT2D eigenvalue weighted by atomic mass is 16.7. The number of hydrogen-bond acceptors (Lipinski definition) is 6. The maximum Gasteiger partial charge on any atom is 0.269 e. The number of benzene rings is 2. The molecule has 0 fully saturated rings. The third-order valence-electron chi connectivity index (χ3n) is 5.42. The van der Waals surface area contributed by atoms with E-state index in [2.05, 4.69) is 10.6 Å². The smallest absolute Gasteiger partial charge is 0.269 e. The first-order chi connectivity index (χ1) is 16.4. The van der Waals surface area contributed by atoms with Gasteiger partial charge in [-0.15, -0.1) is 0 Å². The zero-order chi connectivity index (χ0) is 24.2. The molecule has 0 spiro atoms. The Morgan fingerprint density at radius 1 is 1.09 bits per heavy atom. The third-order valence-corrected chi connectivity index (χ3v) is 5.42. The third kappa shape index (κ3) is 4.76. The van der Waals surface area contributed by atoms with E-state index >= 15 is 0 Å². The number of aromatic nitrogens is 1. The van der Waals surface area contributed by atoms with Crippen LogP contribution in [0.15, 0.2) is 53.3 Å². The van der Waals surface area contributed by atoms with Gasteiger partial charge in [-0.3, -0.25) is 14.4 Å². The van der Waals surface area contributed by atoms with Gasteiger partial charge in [-0.25, -0.2) is 0 Å². The van der Waals surface area contributed by atoms with Crippen molar-refractivity contribution in [2.45, 2.75) is 26.9 Å². The second kappa shape index (κ2) is 9.50. The summed E-state index contributed by atoms with van der Waals surface area (Å²) in [4.78, 5) is 37.7. The van der Waals surface area contributed by atoms with E-state index in [1.807, 2.05) is 18.2 Å². The molecular weight excluding hydrogens is 436 g/mol. The summed E-state index contributed by atoms with van der Waals surface area (Å²) >= 11 is 0. The summed E-state index contributed by atoms with van der Waals surface area (Å²) in [6.07, 6.45) is 0. The molecule has 2 amide bonds. The van der Waals surface area contributed by atoms with E-state index in [4.69, 9.17) is 9.47 Å². The number of fused-ring (bicyclic) bond motifs is 1. The summed E-state index contributed by atoms with van der Waals surface area (Å²) in [6, 6.07) is 15.5. The van der Waals surface area contributed by atoms with Crippen LogP contribution in [0.5, 0.6) is 11.5 Å². The monoisotopic (exact) mass is 458 g/mol. The predicted molar refractivity (Wildman–Crippen MR) is 124 cm³/mol. The van der Waals surface area contributed by atoms with Crippen molar-refractivity contribution >= 4 is 17.5 Å². The van der Waals surface area contributed by atoms with Crippen molar-refractivity contribution in [3.63, 3.8) is 0 Å². The summed E-state index contributed by atoms with van der Waals surface area (Å²) in [5, 5.41) is 14.7. The van der Waals surface area contributed by atoms with Crippen LogP contribution in [0.1, 0.15) is 32.7 Å². The number of rotatable bonds is 6. The molecule has 2 N–H and O–H groups in total. The number of carbonyl (C=O) groups is 2. The fourth-order valence-corrected chi connectivity index (χ4v) is 3.68. The first-order valence-electron chi connectivity index (χ1n) is 10.5. The number of nitrogens with one attached hydrogen (secondary N) is 2. The van der Waals surface area contributed by atoms with Crippen LogP contribution in [0.4, 0.5) is 5.69 Å². The summed E-state index contributed by atoms with van der Waals surface area (Å²) in [7, 11) is 0. The molecule has 0 bridgehead atoms. The number of ether oxygens (including phenoxy) is 2. The number of nitrogens with zero attached hydrogens (tertiary/aromatic N) is 2. The van der Waals surface area contributed by atoms with Gasteiger partial charge in [0.15, 0.2) is 11.5 Å². The number of hydrogen-bond donors (Lipinski definition) is 2. The Morgan fingerprint density at radius 2 is 1.88 bits per heavy atom. The molecule has 0 saturated heterocycles. The number of amides is 2. The van der Waals surface area contributed by atoms with E-state index in [-0.39, 0.29) is 24.8 Å². The lowest BCUT2D eigenvalue weighted by Crippen LogP contribution is -2.31. The molecule has 3 aromatic rings. The Labute approximate surface area is 195 Å². The molecule has 1 aromatic heterocycles. The summed E-state index contributed by atoms with van der Waals surface area (Å²) in [6.45, 7) is 3.61. The Kier molecular flexibility index (Phi) is 6.32. The Bertz CT molecular complexity index is 1390. The minimum atomic E-state index is -0.508. The quantitative estimate of drug-likeness (QED) is 0.586. The Morgan fingerprint density at radius 3 is 2.68 bits per heavy atom. The molecule has 2 aromatic carbocycles. The van der Waals surface area contributed by atoms with Gasteiger partial charge in [-0.05, 0) is 61.4 Å². The van der Waals surface area contributed by atoms with Crippen molar-refractivity contribution in [3.05, 3.63) is 86.8 Å². The molecule has 9 heteroatoms. The fraction of sp³-hybridized carbons (Fsp3) is 0.200. The van der Waals surface area contributed by atoms with Crippen molar-refractivity contribution in [1.29, 1.82) is 5.26 Å². The molecule has 2 heterocycles. The molecule has 9 nitrogen and oxygen atoms in total. The lowest BCUT2D eigenvalue weighted by atomic mass is 10.1. The van der Waals surface area contributed by atoms with Gasteiger partial charge in [0.05, 0.1) is 0 Å². The zero-order valence-corrected chi connectivity index (χ0v) is 18.7. The summed E-state index contributed by atoms with van der Waals surface area (Å²) < 4.78 is 11.9. The van der Waals surface area contributed by atoms with Crippen molar-refractivity contribution < 1.29 is 19.1 Å². The van der Waals surface area contributed by atoms with Crippen LogP contribution in [0.25, 0.3) is 0 Å². The Balaban J connectivity index is 1.40. The normalized spacial score (nSPS) is 11.6. The molecule has 0 saturated carbocycles. The number of nitriles is 1. The second-order valence-corrected chi connectivity index (χ2v) is 7.85. The SMILES string of the molecule is Cc1cc(C)n(CC(=O)Nc2cccc(C(=O)NCc3ccc4c(c3)OCO4)c2)c(=O)c1C#N. The minimum absolute atomic E-state index is 0.0135. The van der Waals surface area contributed by atoms with Gasteiger partial charge in [-0.1, -0.05) is 12.1 Å². The van der Waals surface area contributed by atoms with E-state index in [0.29, 0.717) is 40.6 Å². The maximum atomic E-state index is 12.6. The minimum Gasteiger partial charge on any atom is -0.454 e. The van der Waals surface area contributed by atoms with Crippen molar-refractivity contribution in [3.8, 4) is 17.6 Å². The number of anilines is 1. The van der Waals surface area contributed by atoms with Gasteiger partial charge in [0.25, 0.3) is 11.5 Å². The topological polar surface area (TPSA) is 122 Å².